The molecule has 16 fully saturated rings. The van der Waals surface area contributed by atoms with Gasteiger partial charge in [-0.2, -0.15) is 0 Å². The van der Waals surface area contributed by atoms with Gasteiger partial charge in [-0.3, -0.25) is 4.79 Å². The van der Waals surface area contributed by atoms with Gasteiger partial charge in [-0.05, 0) is 80.3 Å². The Hall–Kier alpha value is -1.73. The Kier molecular flexibility index (Phi) is 13.0. The van der Waals surface area contributed by atoms with E-state index in [0.29, 0.717) is 70.6 Å². The Morgan fingerprint density at radius 3 is 2.08 bits per heavy atom. The van der Waals surface area contributed by atoms with Crippen LogP contribution >= 0.6 is 0 Å². The molecule has 16 aliphatic rings. The van der Waals surface area contributed by atoms with Crippen molar-refractivity contribution in [3.05, 3.63) is 24.3 Å². The van der Waals surface area contributed by atoms with E-state index in [2.05, 4.69) is 47.8 Å². The fraction of sp³-hybridized carbons (Fsp3) is 0.915. The predicted octanol–water partition coefficient (Wildman–Crippen LogP) is 4.88. The number of esters is 1. The number of rotatable bonds is 1. The monoisotopic (exact) mass is 1100 g/mol. The van der Waals surface area contributed by atoms with Crippen LogP contribution in [0.2, 0.25) is 0 Å². The molecule has 12 bridgehead atoms. The van der Waals surface area contributed by atoms with E-state index in [1.807, 2.05) is 0 Å². The van der Waals surface area contributed by atoms with Crippen molar-refractivity contribution in [1.29, 1.82) is 0 Å². The summed E-state index contributed by atoms with van der Waals surface area (Å²) in [6, 6.07) is 0. The molecule has 0 saturated carbocycles. The summed E-state index contributed by atoms with van der Waals surface area (Å²) in [5, 5.41) is 34.7. The Labute approximate surface area is 457 Å². The third-order valence-corrected chi connectivity index (χ3v) is 21.9. The van der Waals surface area contributed by atoms with Crippen LogP contribution in [0.4, 0.5) is 0 Å². The Balaban J connectivity index is 0.674. The second-order valence-electron chi connectivity index (χ2n) is 27.1. The summed E-state index contributed by atoms with van der Waals surface area (Å²) in [7, 11) is 0. The molecule has 16 rings (SSSR count). The highest BCUT2D eigenvalue weighted by atomic mass is 16.8. The van der Waals surface area contributed by atoms with Crippen LogP contribution in [0.3, 0.4) is 0 Å². The first-order valence-electron chi connectivity index (χ1n) is 30.4. The van der Waals surface area contributed by atoms with E-state index in [-0.39, 0.29) is 110 Å². The lowest BCUT2D eigenvalue weighted by molar-refractivity contribution is -0.371. The standard InChI is InChI=1S/C59H84O19/c1-8-35-34(60)18-42-46(68-35)27(4)21-56(73-42)22-28(5)47-44(74-56)24-57(75-47)23-43-39(72-57)20-41-48(70-43)30(7)49-40(67-41)19-38-29(6)25(2)15-31(65-38)9-11-36-26(3)16-33(64-36)13-14-58-55(62)59(63)54(78-58)53-52(77-59)51(76-58)50-37(69-53)12-10-32(66-50)17-45(61)71-49/h25,27-28,30-44,46-55,60,62-63H,3,6,8-24H2,1-2,4-5,7H3/t25-,27+,28+,30+,31?,32-,33+,34-,35-,36+,37+,38?,39-,40+,41+,42+,43?,44+,46+,47+,48+,49?,50+,51+,52-,53?,54?,55+,56-,57+,58-,59?/m1/s1. The molecule has 0 aromatic rings. The minimum absolute atomic E-state index is 0.0226. The quantitative estimate of drug-likeness (QED) is 0.236. The average molecular weight is 1100 g/mol. The lowest BCUT2D eigenvalue weighted by Gasteiger charge is -2.54. The molecule has 16 aliphatic heterocycles. The van der Waals surface area contributed by atoms with Gasteiger partial charge < -0.3 is 86.4 Å². The zero-order valence-corrected chi connectivity index (χ0v) is 46.0. The zero-order chi connectivity index (χ0) is 53.5. The Morgan fingerprint density at radius 2 is 1.24 bits per heavy atom. The second kappa shape index (κ2) is 19.1. The van der Waals surface area contributed by atoms with E-state index in [1.54, 1.807) is 0 Å². The van der Waals surface area contributed by atoms with Crippen molar-refractivity contribution < 1.29 is 91.2 Å². The SMILES string of the molecule is C=C1C2C[C@@H]3O[C@H]4C[C@H]5O[C@]6(CC5O[C@H]4[C@H](C)C3OC(=O)C[C@H]3CC[C@@H]4OC5C7O[C@@]8(CC[C@H]9CC(=C)[C@H](CCC(C[C@H]1C)O2)O9)O[C@@H]([C@H]4O3)[C@H]5OC7(O)[C@H]8O)C[C@@H]1O[C@]2(C[C@H](C)[C@@H]3O[C@H](CC)[C@H](O)C[C@@H]3O2)C[C@H](C)[C@@H]1O6. The van der Waals surface area contributed by atoms with Crippen molar-refractivity contribution in [1.82, 2.24) is 0 Å². The van der Waals surface area contributed by atoms with E-state index < -0.39 is 102 Å². The topological polar surface area (TPSA) is 216 Å². The summed E-state index contributed by atoms with van der Waals surface area (Å²) >= 11 is 0. The number of carbonyl (C=O) groups is 1. The van der Waals surface area contributed by atoms with Crippen LogP contribution in [0.1, 0.15) is 144 Å². The fourth-order valence-electron chi connectivity index (χ4n) is 18.0. The maximum absolute atomic E-state index is 14.6. The minimum atomic E-state index is -2.02. The molecule has 3 spiro atoms. The Bertz CT molecular complexity index is 2360. The van der Waals surface area contributed by atoms with Gasteiger partial charge in [0.15, 0.2) is 17.7 Å². The van der Waals surface area contributed by atoms with Gasteiger partial charge in [0, 0.05) is 57.3 Å². The number of hydrogen-bond donors (Lipinski definition) is 3. The normalized spacial score (nSPS) is 60.0. The number of carbonyl (C=O) groups excluding carboxylic acids is 1. The summed E-state index contributed by atoms with van der Waals surface area (Å²) in [5.74, 6) is -5.50. The predicted molar refractivity (Wildman–Crippen MR) is 269 cm³/mol. The summed E-state index contributed by atoms with van der Waals surface area (Å²) < 4.78 is 102. The van der Waals surface area contributed by atoms with Gasteiger partial charge in [-0.1, -0.05) is 47.8 Å². The molecule has 16 saturated heterocycles. The first kappa shape index (κ1) is 53.0. The number of aliphatic hydroxyl groups excluding tert-OH is 2. The van der Waals surface area contributed by atoms with Crippen molar-refractivity contribution in [3.8, 4) is 0 Å². The highest BCUT2D eigenvalue weighted by Crippen LogP contribution is 2.59. The maximum Gasteiger partial charge on any atom is 0.308 e. The molecule has 16 heterocycles. The number of aliphatic hydroxyl groups is 3. The summed E-state index contributed by atoms with van der Waals surface area (Å²) in [6.07, 6.45) is -1.58. The summed E-state index contributed by atoms with van der Waals surface area (Å²) in [5.41, 5.74) is 2.02. The molecule has 19 heteroatoms. The van der Waals surface area contributed by atoms with E-state index in [4.69, 9.17) is 71.1 Å². The van der Waals surface area contributed by atoms with Crippen LogP contribution in [-0.4, -0.2) is 191 Å². The van der Waals surface area contributed by atoms with E-state index in [9.17, 15) is 20.1 Å². The third kappa shape index (κ3) is 8.45. The van der Waals surface area contributed by atoms with Crippen LogP contribution in [0.5, 0.6) is 0 Å². The fourth-order valence-corrected chi connectivity index (χ4v) is 18.0. The number of ether oxygens (including phenoxy) is 15. The average Bonchev–Trinajstić information content (AvgIpc) is 4.35. The van der Waals surface area contributed by atoms with Crippen molar-refractivity contribution in [2.24, 2.45) is 23.7 Å². The van der Waals surface area contributed by atoms with Gasteiger partial charge in [0.2, 0.25) is 11.6 Å². The van der Waals surface area contributed by atoms with Gasteiger partial charge in [-0.25, -0.2) is 0 Å². The van der Waals surface area contributed by atoms with Gasteiger partial charge in [0.25, 0.3) is 0 Å². The van der Waals surface area contributed by atoms with E-state index >= 15 is 0 Å². The van der Waals surface area contributed by atoms with Crippen LogP contribution in [0.15, 0.2) is 24.3 Å². The minimum Gasteiger partial charge on any atom is -0.459 e. The molecule has 19 nitrogen and oxygen atoms in total. The number of fused-ring (bicyclic) bond motifs is 10. The molecule has 7 unspecified atom stereocenters. The molecule has 0 aliphatic carbocycles. The third-order valence-electron chi connectivity index (χ3n) is 21.9. The van der Waals surface area contributed by atoms with Crippen molar-refractivity contribution in [3.63, 3.8) is 0 Å². The molecule has 434 valence electrons. The molecule has 0 aromatic heterocycles. The highest BCUT2D eigenvalue weighted by Gasteiger charge is 2.79. The van der Waals surface area contributed by atoms with Crippen LogP contribution in [0, 0.1) is 23.7 Å². The second-order valence-corrected chi connectivity index (χ2v) is 27.1. The van der Waals surface area contributed by atoms with Crippen LogP contribution in [-0.2, 0) is 75.8 Å². The van der Waals surface area contributed by atoms with Gasteiger partial charge in [0.05, 0.1) is 110 Å². The molecular weight excluding hydrogens is 1010 g/mol. The summed E-state index contributed by atoms with van der Waals surface area (Å²) in [4.78, 5) is 14.6. The molecule has 3 N–H and O–H groups in total. The lowest BCUT2D eigenvalue weighted by Crippen LogP contribution is -2.63. The number of hydrogen-bond acceptors (Lipinski definition) is 19. The first-order valence-corrected chi connectivity index (χ1v) is 30.4. The molecule has 0 aromatic carbocycles. The maximum atomic E-state index is 14.6. The molecule has 32 atom stereocenters. The molecule has 0 radical (unpaired) electrons. The molecule has 0 amide bonds. The van der Waals surface area contributed by atoms with Crippen LogP contribution in [0.25, 0.3) is 0 Å². The summed E-state index contributed by atoms with van der Waals surface area (Å²) in [6.45, 7) is 19.8. The van der Waals surface area contributed by atoms with Crippen molar-refractivity contribution in [2.75, 3.05) is 0 Å². The smallest absolute Gasteiger partial charge is 0.308 e. The van der Waals surface area contributed by atoms with E-state index in [0.717, 1.165) is 36.8 Å². The van der Waals surface area contributed by atoms with Crippen LogP contribution < -0.4 is 0 Å². The highest BCUT2D eigenvalue weighted by molar-refractivity contribution is 5.70. The first-order chi connectivity index (χ1) is 37.4. The van der Waals surface area contributed by atoms with Crippen molar-refractivity contribution >= 4 is 5.97 Å². The van der Waals surface area contributed by atoms with Crippen molar-refractivity contribution in [2.45, 2.75) is 313 Å². The largest absolute Gasteiger partial charge is 0.459 e. The Morgan fingerprint density at radius 1 is 0.538 bits per heavy atom. The van der Waals surface area contributed by atoms with E-state index in [1.165, 1.54) is 0 Å². The van der Waals surface area contributed by atoms with Gasteiger partial charge in [0.1, 0.15) is 36.6 Å². The van der Waals surface area contributed by atoms with Gasteiger partial charge in [-0.15, -0.1) is 0 Å². The zero-order valence-electron chi connectivity index (χ0n) is 46.0. The van der Waals surface area contributed by atoms with Gasteiger partial charge >= 0.3 is 5.97 Å². The molecule has 78 heavy (non-hydrogen) atoms. The molecular formula is C59H84O19. The lowest BCUT2D eigenvalue weighted by atomic mass is 9.78.